The van der Waals surface area contributed by atoms with Crippen molar-refractivity contribution < 1.29 is 32.2 Å². The molecule has 7 N–H and O–H groups in total. The number of amidine groups is 1. The van der Waals surface area contributed by atoms with Crippen LogP contribution in [0.5, 0.6) is 0 Å². The highest BCUT2D eigenvalue weighted by Crippen LogP contribution is 2.34. The van der Waals surface area contributed by atoms with Crippen LogP contribution < -0.4 is 21.8 Å². The number of carbonyl (C=O) groups is 2. The minimum absolute atomic E-state index is 0.0920. The number of nitrogens with zero attached hydrogens (tertiary/aromatic N) is 1. The van der Waals surface area contributed by atoms with Crippen LogP contribution in [0.15, 0.2) is 77.0 Å². The van der Waals surface area contributed by atoms with Crippen LogP contribution in [-0.4, -0.2) is 48.4 Å². The molecule has 2 aromatic carbocycles. The fraction of sp³-hybridized carbons (Fsp3) is 0.192. The minimum atomic E-state index is -4.36. The summed E-state index contributed by atoms with van der Waals surface area (Å²) in [5.41, 5.74) is 6.37. The number of aromatic nitrogens is 1. The zero-order valence-electron chi connectivity index (χ0n) is 21.1. The molecule has 0 atom stereocenters. The Labute approximate surface area is 223 Å². The summed E-state index contributed by atoms with van der Waals surface area (Å²) in [4.78, 5) is 27.9. The predicted octanol–water partition coefficient (Wildman–Crippen LogP) is 1.38. The van der Waals surface area contributed by atoms with Crippen LogP contribution in [0, 0.1) is 17.0 Å². The van der Waals surface area contributed by atoms with Crippen molar-refractivity contribution in [2.45, 2.75) is 18.7 Å². The number of aromatic amines is 1. The SMILES string of the molecule is CC1(C)CN(S(=O)(=O)c2cc(F)cc(F)c2)CC(C(=[NH2+])NC(=O)c2ccccc2NC(=O)c2ccc[nH]2)=C1N. The first kappa shape index (κ1) is 27.7. The third-order valence-corrected chi connectivity index (χ3v) is 8.04. The number of para-hydroxylation sites is 1. The molecule has 204 valence electrons. The summed E-state index contributed by atoms with van der Waals surface area (Å²) in [7, 11) is -4.36. The van der Waals surface area contributed by atoms with Crippen LogP contribution in [-0.2, 0) is 10.0 Å². The van der Waals surface area contributed by atoms with Crippen molar-refractivity contribution in [1.29, 1.82) is 0 Å². The van der Waals surface area contributed by atoms with Gasteiger partial charge < -0.3 is 16.0 Å². The third kappa shape index (κ3) is 5.73. The van der Waals surface area contributed by atoms with E-state index in [0.717, 1.165) is 16.4 Å². The van der Waals surface area contributed by atoms with Gasteiger partial charge in [-0.25, -0.2) is 27.3 Å². The number of nitrogens with two attached hydrogens (primary N) is 2. The standard InChI is InChI=1S/C26H26F2N6O4S/c1-26(2)14-34(39(37,38)17-11-15(27)10-16(28)12-17)13-19(22(26)29)23(30)33-24(35)18-6-3-4-7-20(18)32-25(36)21-8-5-9-31-21/h3-12,31H,13-14,29H2,1-2H3,(H,32,36)(H2,30,33,35)/p+1. The van der Waals surface area contributed by atoms with E-state index in [1.807, 2.05) is 0 Å². The molecule has 0 saturated heterocycles. The fourth-order valence-corrected chi connectivity index (χ4v) is 5.81. The van der Waals surface area contributed by atoms with E-state index in [4.69, 9.17) is 11.1 Å². The Balaban J connectivity index is 1.59. The second-order valence-electron chi connectivity index (χ2n) is 9.61. The Bertz CT molecular complexity index is 1580. The number of H-pyrrole nitrogens is 1. The molecular weight excluding hydrogens is 530 g/mol. The molecule has 0 fully saturated rings. The molecule has 13 heteroatoms. The van der Waals surface area contributed by atoms with Crippen LogP contribution in [0.2, 0.25) is 0 Å². The van der Waals surface area contributed by atoms with E-state index in [0.29, 0.717) is 6.07 Å². The van der Waals surface area contributed by atoms with Crippen molar-refractivity contribution in [3.05, 3.63) is 95.0 Å². The summed E-state index contributed by atoms with van der Waals surface area (Å²) in [6.45, 7) is 2.90. The monoisotopic (exact) mass is 557 g/mol. The Morgan fingerprint density at radius 1 is 1.05 bits per heavy atom. The van der Waals surface area contributed by atoms with Gasteiger partial charge in [0.25, 0.3) is 11.7 Å². The second-order valence-corrected chi connectivity index (χ2v) is 11.5. The molecule has 0 aliphatic carbocycles. The third-order valence-electron chi connectivity index (χ3n) is 6.27. The van der Waals surface area contributed by atoms with Crippen molar-refractivity contribution in [2.24, 2.45) is 11.1 Å². The quantitative estimate of drug-likeness (QED) is 0.228. The maximum Gasteiger partial charge on any atom is 0.341 e. The Hall–Kier alpha value is -4.36. The van der Waals surface area contributed by atoms with E-state index >= 15 is 0 Å². The molecular formula is C26H27F2N6O4S+. The minimum Gasteiger partial charge on any atom is -0.401 e. The van der Waals surface area contributed by atoms with E-state index in [9.17, 15) is 26.8 Å². The fourth-order valence-electron chi connectivity index (χ4n) is 4.20. The lowest BCUT2D eigenvalue weighted by atomic mass is 9.83. The maximum atomic E-state index is 13.8. The number of anilines is 1. The number of nitrogens with one attached hydrogen (secondary N) is 3. The smallest absolute Gasteiger partial charge is 0.341 e. The summed E-state index contributed by atoms with van der Waals surface area (Å²) >= 11 is 0. The first-order chi connectivity index (χ1) is 18.3. The van der Waals surface area contributed by atoms with Crippen molar-refractivity contribution in [3.8, 4) is 0 Å². The van der Waals surface area contributed by atoms with Gasteiger partial charge in [0.1, 0.15) is 17.3 Å². The van der Waals surface area contributed by atoms with Crippen LogP contribution in [0.25, 0.3) is 0 Å². The first-order valence-corrected chi connectivity index (χ1v) is 13.2. The number of rotatable bonds is 6. The molecule has 1 aliphatic rings. The van der Waals surface area contributed by atoms with Crippen LogP contribution in [0.3, 0.4) is 0 Å². The average molecular weight is 558 g/mol. The van der Waals surface area contributed by atoms with Crippen molar-refractivity contribution >= 4 is 33.4 Å². The summed E-state index contributed by atoms with van der Waals surface area (Å²) in [6, 6.07) is 11.5. The van der Waals surface area contributed by atoms with E-state index in [1.165, 1.54) is 12.1 Å². The highest BCUT2D eigenvalue weighted by molar-refractivity contribution is 7.89. The molecule has 3 aromatic rings. The molecule has 0 unspecified atom stereocenters. The van der Waals surface area contributed by atoms with Crippen LogP contribution in [0.4, 0.5) is 14.5 Å². The summed E-state index contributed by atoms with van der Waals surface area (Å²) in [6.07, 6.45) is 1.58. The number of carbonyl (C=O) groups excluding carboxylic acids is 2. The molecule has 0 radical (unpaired) electrons. The van der Waals surface area contributed by atoms with Gasteiger partial charge in [0, 0.05) is 36.5 Å². The van der Waals surface area contributed by atoms with Gasteiger partial charge in [-0.2, -0.15) is 4.31 Å². The topological polar surface area (TPSA) is 163 Å². The summed E-state index contributed by atoms with van der Waals surface area (Å²) in [5.74, 6) is -3.43. The van der Waals surface area contributed by atoms with Crippen molar-refractivity contribution in [2.75, 3.05) is 18.4 Å². The van der Waals surface area contributed by atoms with E-state index in [2.05, 4.69) is 15.6 Å². The molecule has 0 saturated carbocycles. The zero-order chi connectivity index (χ0) is 28.5. The Morgan fingerprint density at radius 2 is 1.72 bits per heavy atom. The lowest BCUT2D eigenvalue weighted by molar-refractivity contribution is -0.117. The number of hydrogen-bond acceptors (Lipinski definition) is 5. The number of benzene rings is 2. The Kier molecular flexibility index (Phi) is 7.39. The molecule has 10 nitrogen and oxygen atoms in total. The van der Waals surface area contributed by atoms with Gasteiger partial charge in [0.2, 0.25) is 10.0 Å². The van der Waals surface area contributed by atoms with Gasteiger partial charge >= 0.3 is 5.91 Å². The predicted molar refractivity (Wildman–Crippen MR) is 140 cm³/mol. The molecule has 1 aromatic heterocycles. The molecule has 2 amide bonds. The van der Waals surface area contributed by atoms with Crippen molar-refractivity contribution in [3.63, 3.8) is 0 Å². The highest BCUT2D eigenvalue weighted by atomic mass is 32.2. The molecule has 2 heterocycles. The van der Waals surface area contributed by atoms with E-state index in [-0.39, 0.29) is 47.1 Å². The molecule has 39 heavy (non-hydrogen) atoms. The summed E-state index contributed by atoms with van der Waals surface area (Å²) in [5, 5.41) is 11.4. The zero-order valence-corrected chi connectivity index (χ0v) is 21.9. The molecule has 0 bridgehead atoms. The maximum absolute atomic E-state index is 13.8. The number of halogens is 2. The van der Waals surface area contributed by atoms with Gasteiger partial charge in [0.15, 0.2) is 0 Å². The normalized spacial score (nSPS) is 15.6. The molecule has 4 rings (SSSR count). The van der Waals surface area contributed by atoms with E-state index < -0.39 is 43.8 Å². The first-order valence-electron chi connectivity index (χ1n) is 11.7. The number of sulfonamides is 1. The largest absolute Gasteiger partial charge is 0.401 e. The lowest BCUT2D eigenvalue weighted by Gasteiger charge is -2.38. The van der Waals surface area contributed by atoms with Gasteiger partial charge in [-0.3, -0.25) is 10.2 Å². The van der Waals surface area contributed by atoms with Gasteiger partial charge in [-0.15, -0.1) is 0 Å². The Morgan fingerprint density at radius 3 is 2.36 bits per heavy atom. The number of amides is 2. The molecule has 1 aliphatic heterocycles. The number of hydrogen-bond donors (Lipinski definition) is 5. The lowest BCUT2D eigenvalue weighted by Crippen LogP contribution is -2.57. The van der Waals surface area contributed by atoms with Gasteiger partial charge in [-0.05, 0) is 36.4 Å². The van der Waals surface area contributed by atoms with Crippen LogP contribution >= 0.6 is 0 Å². The van der Waals surface area contributed by atoms with Crippen LogP contribution in [0.1, 0.15) is 34.7 Å². The molecule has 0 spiro atoms. The summed E-state index contributed by atoms with van der Waals surface area (Å²) < 4.78 is 55.2. The van der Waals surface area contributed by atoms with Crippen molar-refractivity contribution in [1.82, 2.24) is 14.6 Å². The average Bonchev–Trinajstić information content (AvgIpc) is 3.40. The van der Waals surface area contributed by atoms with Gasteiger partial charge in [0.05, 0.1) is 21.7 Å². The van der Waals surface area contributed by atoms with Gasteiger partial charge in [-0.1, -0.05) is 26.0 Å². The second kappa shape index (κ2) is 10.4. The van der Waals surface area contributed by atoms with E-state index in [1.54, 1.807) is 44.3 Å². The highest BCUT2D eigenvalue weighted by Gasteiger charge is 2.41.